The van der Waals surface area contributed by atoms with Gasteiger partial charge in [0.2, 0.25) is 0 Å². The van der Waals surface area contributed by atoms with Crippen LogP contribution in [0.1, 0.15) is 31.7 Å². The first kappa shape index (κ1) is 21.9. The molecule has 4 nitrogen and oxygen atoms in total. The second-order valence-corrected chi connectivity index (χ2v) is 5.38. The lowest BCUT2D eigenvalue weighted by molar-refractivity contribution is -0.132. The molecule has 0 aromatic carbocycles. The molecule has 0 bridgehead atoms. The zero-order valence-electron chi connectivity index (χ0n) is 13.5. The third-order valence-electron chi connectivity index (χ3n) is 3.33. The average molecular weight is 444 g/mol. The Hall–Kier alpha value is -1.06. The molecule has 23 heavy (non-hydrogen) atoms. The highest BCUT2D eigenvalue weighted by atomic mass is 127. The van der Waals surface area contributed by atoms with Gasteiger partial charge in [-0.25, -0.2) is 0 Å². The van der Waals surface area contributed by atoms with Gasteiger partial charge in [-0.05, 0) is 17.5 Å². The van der Waals surface area contributed by atoms with Crippen LogP contribution in [-0.2, 0) is 0 Å². The normalized spacial score (nSPS) is 13.4. The van der Waals surface area contributed by atoms with Crippen LogP contribution in [-0.4, -0.2) is 37.3 Å². The number of rotatable bonds is 6. The van der Waals surface area contributed by atoms with Gasteiger partial charge >= 0.3 is 6.18 Å². The molecule has 0 aliphatic carbocycles. The van der Waals surface area contributed by atoms with E-state index in [2.05, 4.69) is 34.5 Å². The van der Waals surface area contributed by atoms with Gasteiger partial charge in [0.1, 0.15) is 0 Å². The van der Waals surface area contributed by atoms with E-state index >= 15 is 0 Å². The molecule has 1 heterocycles. The van der Waals surface area contributed by atoms with E-state index in [0.29, 0.717) is 18.4 Å². The van der Waals surface area contributed by atoms with Gasteiger partial charge in [-0.1, -0.05) is 19.9 Å². The van der Waals surface area contributed by atoms with Crippen molar-refractivity contribution >= 4 is 29.9 Å². The summed E-state index contributed by atoms with van der Waals surface area (Å²) < 4.78 is 36.4. The summed E-state index contributed by atoms with van der Waals surface area (Å²) >= 11 is 0. The van der Waals surface area contributed by atoms with Crippen LogP contribution in [0.3, 0.4) is 0 Å². The van der Waals surface area contributed by atoms with Crippen molar-refractivity contribution in [1.82, 2.24) is 15.6 Å². The molecule has 1 aromatic rings. The van der Waals surface area contributed by atoms with Gasteiger partial charge in [-0.2, -0.15) is 13.2 Å². The average Bonchev–Trinajstić information content (AvgIpc) is 2.45. The van der Waals surface area contributed by atoms with E-state index in [1.165, 1.54) is 7.05 Å². The second kappa shape index (κ2) is 10.7. The number of halogens is 4. The minimum Gasteiger partial charge on any atom is -0.356 e. The Bertz CT molecular complexity index is 464. The van der Waals surface area contributed by atoms with Gasteiger partial charge < -0.3 is 10.6 Å². The zero-order valence-corrected chi connectivity index (χ0v) is 15.9. The number of hydrogen-bond acceptors (Lipinski definition) is 2. The number of nitrogens with one attached hydrogen (secondary N) is 2. The SMILES string of the molecule is CN=C(NCCC(F)(F)F)NCC(c1cccnc1)C(C)C.I. The van der Waals surface area contributed by atoms with E-state index < -0.39 is 12.6 Å². The predicted molar refractivity (Wildman–Crippen MR) is 97.3 cm³/mol. The number of alkyl halides is 3. The number of aromatic nitrogens is 1. The summed E-state index contributed by atoms with van der Waals surface area (Å²) in [5, 5.41) is 5.75. The molecule has 0 aliphatic rings. The van der Waals surface area contributed by atoms with Crippen molar-refractivity contribution in [2.75, 3.05) is 20.1 Å². The maximum atomic E-state index is 12.1. The summed E-state index contributed by atoms with van der Waals surface area (Å²) in [6, 6.07) is 3.88. The van der Waals surface area contributed by atoms with E-state index in [1.54, 1.807) is 6.20 Å². The van der Waals surface area contributed by atoms with Crippen molar-refractivity contribution in [2.24, 2.45) is 10.9 Å². The van der Waals surface area contributed by atoms with Crippen molar-refractivity contribution in [3.05, 3.63) is 30.1 Å². The van der Waals surface area contributed by atoms with Crippen LogP contribution in [0.25, 0.3) is 0 Å². The molecular formula is C15H24F3IN4. The first-order chi connectivity index (χ1) is 10.3. The highest BCUT2D eigenvalue weighted by Gasteiger charge is 2.26. The third kappa shape index (κ3) is 8.97. The fraction of sp³-hybridized carbons (Fsp3) is 0.600. The molecule has 0 radical (unpaired) electrons. The van der Waals surface area contributed by atoms with Crippen molar-refractivity contribution in [3.63, 3.8) is 0 Å². The first-order valence-corrected chi connectivity index (χ1v) is 7.24. The zero-order chi connectivity index (χ0) is 16.6. The van der Waals surface area contributed by atoms with Crippen LogP contribution in [0.5, 0.6) is 0 Å². The standard InChI is InChI=1S/C15H23F3N4.HI/c1-11(2)13(12-5-4-7-20-9-12)10-22-14(19-3)21-8-6-15(16,17)18;/h4-5,7,9,11,13H,6,8,10H2,1-3H3,(H2,19,21,22);1H. The smallest absolute Gasteiger partial charge is 0.356 e. The van der Waals surface area contributed by atoms with E-state index in [9.17, 15) is 13.2 Å². The molecule has 0 aliphatic heterocycles. The summed E-state index contributed by atoms with van der Waals surface area (Å²) in [5.41, 5.74) is 1.09. The highest BCUT2D eigenvalue weighted by Crippen LogP contribution is 2.22. The maximum Gasteiger partial charge on any atom is 0.390 e. The molecule has 1 unspecified atom stereocenters. The molecule has 132 valence electrons. The molecule has 2 N–H and O–H groups in total. The Morgan fingerprint density at radius 1 is 1.30 bits per heavy atom. The number of guanidine groups is 1. The predicted octanol–water partition coefficient (Wildman–Crippen LogP) is 3.56. The summed E-state index contributed by atoms with van der Waals surface area (Å²) in [6.45, 7) is 4.58. The first-order valence-electron chi connectivity index (χ1n) is 7.24. The molecule has 0 saturated carbocycles. The van der Waals surface area contributed by atoms with Crippen molar-refractivity contribution in [3.8, 4) is 0 Å². The van der Waals surface area contributed by atoms with Gasteiger partial charge in [-0.15, -0.1) is 24.0 Å². The summed E-state index contributed by atoms with van der Waals surface area (Å²) in [5.74, 6) is 0.943. The minimum absolute atomic E-state index is 0. The van der Waals surface area contributed by atoms with Crippen LogP contribution in [0.4, 0.5) is 13.2 Å². The van der Waals surface area contributed by atoms with E-state index in [0.717, 1.165) is 5.56 Å². The lowest BCUT2D eigenvalue weighted by Crippen LogP contribution is -2.41. The van der Waals surface area contributed by atoms with Crippen LogP contribution in [0.2, 0.25) is 0 Å². The van der Waals surface area contributed by atoms with E-state index in [4.69, 9.17) is 0 Å². The molecule has 0 fully saturated rings. The molecule has 1 aromatic heterocycles. The van der Waals surface area contributed by atoms with Crippen molar-refractivity contribution in [2.45, 2.75) is 32.4 Å². The Morgan fingerprint density at radius 3 is 2.48 bits per heavy atom. The Labute approximate surface area is 152 Å². The van der Waals surface area contributed by atoms with Crippen molar-refractivity contribution < 1.29 is 13.2 Å². The number of hydrogen-bond donors (Lipinski definition) is 2. The van der Waals surface area contributed by atoms with E-state index in [1.807, 2.05) is 18.3 Å². The van der Waals surface area contributed by atoms with Gasteiger partial charge in [0, 0.05) is 38.4 Å². The van der Waals surface area contributed by atoms with E-state index in [-0.39, 0.29) is 36.4 Å². The molecule has 0 saturated heterocycles. The fourth-order valence-corrected chi connectivity index (χ4v) is 2.08. The minimum atomic E-state index is -4.16. The monoisotopic (exact) mass is 444 g/mol. The Kier molecular flexibility index (Phi) is 10.2. The maximum absolute atomic E-state index is 12.1. The highest BCUT2D eigenvalue weighted by molar-refractivity contribution is 14.0. The lowest BCUT2D eigenvalue weighted by Gasteiger charge is -2.23. The summed E-state index contributed by atoms with van der Waals surface area (Å²) in [4.78, 5) is 8.06. The largest absolute Gasteiger partial charge is 0.390 e. The second-order valence-electron chi connectivity index (χ2n) is 5.38. The lowest BCUT2D eigenvalue weighted by atomic mass is 9.89. The van der Waals surface area contributed by atoms with Gasteiger partial charge in [0.15, 0.2) is 5.96 Å². The molecule has 0 spiro atoms. The molecule has 1 atom stereocenters. The Morgan fingerprint density at radius 2 is 2.00 bits per heavy atom. The summed E-state index contributed by atoms with van der Waals surface area (Å²) in [7, 11) is 1.54. The molecule has 0 amide bonds. The van der Waals surface area contributed by atoms with Gasteiger partial charge in [0.05, 0.1) is 6.42 Å². The number of nitrogens with zero attached hydrogens (tertiary/aromatic N) is 2. The fourth-order valence-electron chi connectivity index (χ4n) is 2.08. The third-order valence-corrected chi connectivity index (χ3v) is 3.33. The van der Waals surface area contributed by atoms with Gasteiger partial charge in [-0.3, -0.25) is 9.98 Å². The quantitative estimate of drug-likeness (QED) is 0.401. The van der Waals surface area contributed by atoms with Crippen LogP contribution < -0.4 is 10.6 Å². The van der Waals surface area contributed by atoms with Crippen LogP contribution in [0.15, 0.2) is 29.5 Å². The van der Waals surface area contributed by atoms with Crippen LogP contribution >= 0.6 is 24.0 Å². The number of aliphatic imine (C=N–C) groups is 1. The van der Waals surface area contributed by atoms with Crippen molar-refractivity contribution in [1.29, 1.82) is 0 Å². The summed E-state index contributed by atoms with van der Waals surface area (Å²) in [6.07, 6.45) is -1.52. The topological polar surface area (TPSA) is 49.3 Å². The van der Waals surface area contributed by atoms with Gasteiger partial charge in [0.25, 0.3) is 0 Å². The molecular weight excluding hydrogens is 420 g/mol. The molecule has 1 rings (SSSR count). The number of pyridine rings is 1. The Balaban J connectivity index is 0.00000484. The van der Waals surface area contributed by atoms with Crippen LogP contribution in [0, 0.1) is 5.92 Å². The molecule has 8 heteroatoms.